The summed E-state index contributed by atoms with van der Waals surface area (Å²) >= 11 is 0. The first-order valence-corrected chi connectivity index (χ1v) is 43.5. The summed E-state index contributed by atoms with van der Waals surface area (Å²) in [6.07, 6.45) is 58.2. The van der Waals surface area contributed by atoms with E-state index in [1.807, 2.05) is 0 Å². The molecule has 0 amide bonds. The Kier molecular flexibility index (Phi) is 68.4. The van der Waals surface area contributed by atoms with Gasteiger partial charge in [0.25, 0.3) is 0 Å². The van der Waals surface area contributed by atoms with Gasteiger partial charge in [-0.25, -0.2) is 9.13 Å². The Morgan fingerprint density at radius 2 is 0.474 bits per heavy atom. The molecule has 5 atom stereocenters. The van der Waals surface area contributed by atoms with Gasteiger partial charge in [-0.05, 0) is 37.5 Å². The fourth-order valence-corrected chi connectivity index (χ4v) is 13.6. The molecule has 0 spiro atoms. The normalized spacial score (nSPS) is 14.0. The average Bonchev–Trinajstić information content (AvgIpc) is 1.55. The van der Waals surface area contributed by atoms with Crippen LogP contribution in [-0.2, 0) is 65.4 Å². The predicted octanol–water partition coefficient (Wildman–Crippen LogP) is 23.1. The molecule has 0 fully saturated rings. The van der Waals surface area contributed by atoms with Gasteiger partial charge in [0.2, 0.25) is 0 Å². The molecule has 0 saturated heterocycles. The van der Waals surface area contributed by atoms with E-state index >= 15 is 0 Å². The number of phosphoric acid groups is 2. The number of hydrogen-bond donors (Lipinski definition) is 3. The van der Waals surface area contributed by atoms with E-state index in [0.717, 1.165) is 102 Å². The van der Waals surface area contributed by atoms with Crippen LogP contribution in [0.4, 0.5) is 0 Å². The first kappa shape index (κ1) is 95.1. The van der Waals surface area contributed by atoms with Crippen LogP contribution in [0.1, 0.15) is 408 Å². The monoisotopic (exact) mass is 1420 g/mol. The van der Waals surface area contributed by atoms with Gasteiger partial charge >= 0.3 is 39.5 Å². The minimum Gasteiger partial charge on any atom is -0.462 e. The van der Waals surface area contributed by atoms with Crippen molar-refractivity contribution in [3.8, 4) is 0 Å². The molecule has 0 aliphatic carbocycles. The second-order valence-corrected chi connectivity index (χ2v) is 32.0. The third-order valence-electron chi connectivity index (χ3n) is 18.2. The van der Waals surface area contributed by atoms with Crippen molar-refractivity contribution >= 4 is 39.5 Å². The second kappa shape index (κ2) is 69.8. The molecule has 0 rings (SSSR count). The van der Waals surface area contributed by atoms with E-state index in [4.69, 9.17) is 37.0 Å². The van der Waals surface area contributed by atoms with Crippen LogP contribution >= 0.6 is 15.6 Å². The number of hydrogen-bond acceptors (Lipinski definition) is 15. The maximum absolute atomic E-state index is 13.1. The molecule has 0 bridgehead atoms. The summed E-state index contributed by atoms with van der Waals surface area (Å²) in [5.74, 6) is -0.594. The standard InChI is InChI=1S/C78H152O17P2/c1-7-9-11-13-15-17-19-21-22-23-24-25-28-33-37-45-51-57-63-78(83)94-73(66-88-75(80)60-54-48-42-35-32-29-26-27-30-34-40-46-52-58-70(3)4)68-92-96(84,85)90-64-72(79)65-91-97(86,87)93-69-74(67-89-76(81)61-55-49-43-39-38-41-47-53-59-71(5)6)95-77(82)62-56-50-44-36-31-20-18-16-14-12-10-8-2/h70-74,79H,7-69H2,1-6H3,(H,84,85)(H,86,87)/t72-,73-,74-/m1/s1. The molecule has 0 aliphatic rings. The molecular formula is C78H152O17P2. The smallest absolute Gasteiger partial charge is 0.462 e. The lowest BCUT2D eigenvalue weighted by atomic mass is 10.0. The highest BCUT2D eigenvalue weighted by Crippen LogP contribution is 2.45. The molecule has 0 aromatic rings. The van der Waals surface area contributed by atoms with Crippen LogP contribution in [0.25, 0.3) is 0 Å². The number of rotatable bonds is 77. The highest BCUT2D eigenvalue weighted by Gasteiger charge is 2.30. The zero-order valence-electron chi connectivity index (χ0n) is 63.4. The van der Waals surface area contributed by atoms with E-state index in [1.165, 1.54) is 225 Å². The molecule has 19 heteroatoms. The Labute approximate surface area is 594 Å². The summed E-state index contributed by atoms with van der Waals surface area (Å²) in [7, 11) is -9.91. The minimum atomic E-state index is -4.96. The summed E-state index contributed by atoms with van der Waals surface area (Å²) in [4.78, 5) is 72.9. The van der Waals surface area contributed by atoms with Gasteiger partial charge in [0, 0.05) is 25.7 Å². The van der Waals surface area contributed by atoms with Crippen LogP contribution in [0.15, 0.2) is 0 Å². The molecule has 17 nitrogen and oxygen atoms in total. The van der Waals surface area contributed by atoms with Gasteiger partial charge in [0.1, 0.15) is 19.3 Å². The third kappa shape index (κ3) is 72.2. The number of unbranched alkanes of at least 4 members (excludes halogenated alkanes) is 47. The molecule has 0 heterocycles. The third-order valence-corrected chi connectivity index (χ3v) is 20.1. The minimum absolute atomic E-state index is 0.107. The molecule has 97 heavy (non-hydrogen) atoms. The molecule has 0 saturated carbocycles. The van der Waals surface area contributed by atoms with Gasteiger partial charge in [-0.3, -0.25) is 37.3 Å². The van der Waals surface area contributed by atoms with Crippen molar-refractivity contribution in [2.24, 2.45) is 11.8 Å². The highest BCUT2D eigenvalue weighted by molar-refractivity contribution is 7.47. The van der Waals surface area contributed by atoms with E-state index in [-0.39, 0.29) is 25.7 Å². The molecular weight excluding hydrogens is 1270 g/mol. The maximum Gasteiger partial charge on any atom is 0.472 e. The van der Waals surface area contributed by atoms with Crippen LogP contribution < -0.4 is 0 Å². The van der Waals surface area contributed by atoms with Crippen molar-refractivity contribution < 1.29 is 80.2 Å². The molecule has 2 unspecified atom stereocenters. The first-order valence-electron chi connectivity index (χ1n) is 40.5. The fraction of sp³-hybridized carbons (Fsp3) is 0.949. The van der Waals surface area contributed by atoms with Gasteiger partial charge in [0.05, 0.1) is 26.4 Å². The van der Waals surface area contributed by atoms with Crippen LogP contribution in [-0.4, -0.2) is 96.7 Å². The molecule has 576 valence electrons. The molecule has 0 radical (unpaired) electrons. The summed E-state index contributed by atoms with van der Waals surface area (Å²) < 4.78 is 68.6. The van der Waals surface area contributed by atoms with Crippen LogP contribution in [0.2, 0.25) is 0 Å². The lowest BCUT2D eigenvalue weighted by molar-refractivity contribution is -0.161. The van der Waals surface area contributed by atoms with E-state index in [2.05, 4.69) is 41.5 Å². The quantitative estimate of drug-likeness (QED) is 0.0222. The number of ether oxygens (including phenoxy) is 4. The first-order chi connectivity index (χ1) is 46.9. The average molecular weight is 1420 g/mol. The summed E-state index contributed by atoms with van der Waals surface area (Å²) in [5, 5.41) is 10.6. The van der Waals surface area contributed by atoms with Crippen molar-refractivity contribution in [1.82, 2.24) is 0 Å². The maximum atomic E-state index is 13.1. The van der Waals surface area contributed by atoms with E-state index in [9.17, 15) is 43.2 Å². The number of aliphatic hydroxyl groups excluding tert-OH is 1. The van der Waals surface area contributed by atoms with Crippen molar-refractivity contribution in [3.63, 3.8) is 0 Å². The zero-order valence-corrected chi connectivity index (χ0v) is 65.2. The SMILES string of the molecule is CCCCCCCCCCCCCCCCCCCCC(=O)O[C@H](COC(=O)CCCCCCCCCCCCCCCC(C)C)COP(=O)(O)OC[C@@H](O)COP(=O)(O)OC[C@@H](COC(=O)CCCCCCCCCCC(C)C)OC(=O)CCCCCCCCCCCCCC. The largest absolute Gasteiger partial charge is 0.472 e. The topological polar surface area (TPSA) is 237 Å². The predicted molar refractivity (Wildman–Crippen MR) is 395 cm³/mol. The Balaban J connectivity index is 5.24. The lowest BCUT2D eigenvalue weighted by Crippen LogP contribution is -2.30. The van der Waals surface area contributed by atoms with Crippen LogP contribution in [0.3, 0.4) is 0 Å². The van der Waals surface area contributed by atoms with Gasteiger partial charge < -0.3 is 33.8 Å². The summed E-state index contributed by atoms with van der Waals surface area (Å²) in [5.41, 5.74) is 0. The number of carbonyl (C=O) groups excluding carboxylic acids is 4. The molecule has 0 aromatic carbocycles. The number of esters is 4. The van der Waals surface area contributed by atoms with Gasteiger partial charge in [-0.2, -0.15) is 0 Å². The Morgan fingerprint density at radius 1 is 0.278 bits per heavy atom. The Hall–Kier alpha value is -1.94. The van der Waals surface area contributed by atoms with Crippen molar-refractivity contribution in [1.29, 1.82) is 0 Å². The Morgan fingerprint density at radius 3 is 0.701 bits per heavy atom. The molecule has 3 N–H and O–H groups in total. The molecule has 0 aromatic heterocycles. The van der Waals surface area contributed by atoms with E-state index < -0.39 is 97.5 Å². The van der Waals surface area contributed by atoms with E-state index in [0.29, 0.717) is 25.7 Å². The van der Waals surface area contributed by atoms with Crippen molar-refractivity contribution in [2.45, 2.75) is 426 Å². The number of carbonyl (C=O) groups is 4. The number of aliphatic hydroxyl groups is 1. The van der Waals surface area contributed by atoms with E-state index in [1.54, 1.807) is 0 Å². The fourth-order valence-electron chi connectivity index (χ4n) is 12.0. The van der Waals surface area contributed by atoms with Gasteiger partial charge in [0.15, 0.2) is 12.2 Å². The van der Waals surface area contributed by atoms with Gasteiger partial charge in [-0.15, -0.1) is 0 Å². The lowest BCUT2D eigenvalue weighted by Gasteiger charge is -2.21. The highest BCUT2D eigenvalue weighted by atomic mass is 31.2. The Bertz CT molecular complexity index is 1870. The summed E-state index contributed by atoms with van der Waals surface area (Å²) in [6, 6.07) is 0. The zero-order chi connectivity index (χ0) is 71.4. The van der Waals surface area contributed by atoms with Crippen molar-refractivity contribution in [3.05, 3.63) is 0 Å². The molecule has 0 aliphatic heterocycles. The van der Waals surface area contributed by atoms with Crippen LogP contribution in [0.5, 0.6) is 0 Å². The summed E-state index contributed by atoms with van der Waals surface area (Å²) in [6.45, 7) is 9.60. The van der Waals surface area contributed by atoms with Gasteiger partial charge in [-0.1, -0.05) is 356 Å². The number of phosphoric ester groups is 2. The van der Waals surface area contributed by atoms with Crippen LogP contribution in [0, 0.1) is 11.8 Å². The van der Waals surface area contributed by atoms with Crippen molar-refractivity contribution in [2.75, 3.05) is 39.6 Å². The second-order valence-electron chi connectivity index (χ2n) is 29.1.